The first kappa shape index (κ1) is 18.2. The molecule has 1 aromatic heterocycles. The van der Waals surface area contributed by atoms with Gasteiger partial charge >= 0.3 is 0 Å². The van der Waals surface area contributed by atoms with E-state index in [-0.39, 0.29) is 5.91 Å². The molecule has 3 rings (SSSR count). The lowest BCUT2D eigenvalue weighted by Gasteiger charge is -2.17. The summed E-state index contributed by atoms with van der Waals surface area (Å²) in [5, 5.41) is 2.95. The highest BCUT2D eigenvalue weighted by atomic mass is 16.3. The van der Waals surface area contributed by atoms with Crippen LogP contribution in [0, 0.1) is 5.41 Å². The summed E-state index contributed by atoms with van der Waals surface area (Å²) in [6.45, 7) is 10.1. The van der Waals surface area contributed by atoms with Crippen LogP contribution in [0.3, 0.4) is 0 Å². The maximum atomic E-state index is 12.2. The van der Waals surface area contributed by atoms with Crippen molar-refractivity contribution in [1.29, 1.82) is 0 Å². The molecule has 26 heavy (non-hydrogen) atoms. The molecular weight excluding hydrogens is 324 g/mol. The van der Waals surface area contributed by atoms with Gasteiger partial charge < -0.3 is 9.73 Å². The lowest BCUT2D eigenvalue weighted by atomic mass is 9.95. The molecule has 1 amide bonds. The van der Waals surface area contributed by atoms with E-state index < -0.39 is 5.41 Å². The number of nitrogens with one attached hydrogen (secondary N) is 1. The Morgan fingerprint density at radius 2 is 1.96 bits per heavy atom. The molecule has 136 valence electrons. The van der Waals surface area contributed by atoms with E-state index in [4.69, 9.17) is 4.42 Å². The highest BCUT2D eigenvalue weighted by Crippen LogP contribution is 2.29. The van der Waals surface area contributed by atoms with Crippen LogP contribution in [0.25, 0.3) is 22.6 Å². The highest BCUT2D eigenvalue weighted by Gasteiger charge is 2.21. The summed E-state index contributed by atoms with van der Waals surface area (Å²) >= 11 is 0. The van der Waals surface area contributed by atoms with Gasteiger partial charge in [-0.05, 0) is 48.2 Å². The molecule has 0 saturated heterocycles. The third-order valence-electron chi connectivity index (χ3n) is 4.64. The number of benzene rings is 2. The molecule has 0 aliphatic carbocycles. The van der Waals surface area contributed by atoms with Gasteiger partial charge in [-0.2, -0.15) is 0 Å². The molecule has 3 aromatic rings. The van der Waals surface area contributed by atoms with E-state index in [9.17, 15) is 4.79 Å². The van der Waals surface area contributed by atoms with Crippen LogP contribution in [0.15, 0.2) is 46.9 Å². The SMILES string of the molecule is CCC(C)c1ccc2oc(-c3cccc(NC(=O)C(C)(C)C)c3)nc2c1. The average Bonchev–Trinajstić information content (AvgIpc) is 3.03. The van der Waals surface area contributed by atoms with Gasteiger partial charge in [0.1, 0.15) is 5.52 Å². The average molecular weight is 350 g/mol. The minimum atomic E-state index is -0.444. The molecule has 0 saturated carbocycles. The Morgan fingerprint density at radius 1 is 1.19 bits per heavy atom. The second kappa shape index (κ2) is 6.94. The Bertz CT molecular complexity index is 935. The first-order valence-electron chi connectivity index (χ1n) is 9.10. The Labute approximate surface area is 154 Å². The summed E-state index contributed by atoms with van der Waals surface area (Å²) < 4.78 is 5.93. The number of rotatable bonds is 4. The van der Waals surface area contributed by atoms with Gasteiger partial charge in [-0.1, -0.05) is 46.8 Å². The Morgan fingerprint density at radius 3 is 2.65 bits per heavy atom. The number of aromatic nitrogens is 1. The second-order valence-corrected chi connectivity index (χ2v) is 7.84. The summed E-state index contributed by atoms with van der Waals surface area (Å²) in [5.41, 5.74) is 4.05. The molecule has 0 aliphatic heterocycles. The first-order chi connectivity index (χ1) is 12.3. The van der Waals surface area contributed by atoms with E-state index in [0.29, 0.717) is 11.8 Å². The van der Waals surface area contributed by atoms with Crippen LogP contribution < -0.4 is 5.32 Å². The zero-order chi connectivity index (χ0) is 18.9. The van der Waals surface area contributed by atoms with E-state index in [2.05, 4.69) is 36.3 Å². The van der Waals surface area contributed by atoms with Crippen LogP contribution in [0.5, 0.6) is 0 Å². The molecule has 1 atom stereocenters. The van der Waals surface area contributed by atoms with Crippen molar-refractivity contribution in [2.45, 2.75) is 47.0 Å². The van der Waals surface area contributed by atoms with Crippen LogP contribution >= 0.6 is 0 Å². The van der Waals surface area contributed by atoms with Crippen LogP contribution in [-0.4, -0.2) is 10.9 Å². The van der Waals surface area contributed by atoms with Crippen molar-refractivity contribution in [2.75, 3.05) is 5.32 Å². The first-order valence-corrected chi connectivity index (χ1v) is 9.10. The summed E-state index contributed by atoms with van der Waals surface area (Å²) in [6, 6.07) is 13.8. The summed E-state index contributed by atoms with van der Waals surface area (Å²) in [5.74, 6) is 1.04. The Balaban J connectivity index is 1.91. The lowest BCUT2D eigenvalue weighted by molar-refractivity contribution is -0.123. The van der Waals surface area contributed by atoms with E-state index in [1.165, 1.54) is 5.56 Å². The van der Waals surface area contributed by atoms with Crippen LogP contribution in [0.1, 0.15) is 52.5 Å². The number of amides is 1. The van der Waals surface area contributed by atoms with Crippen molar-refractivity contribution < 1.29 is 9.21 Å². The zero-order valence-electron chi connectivity index (χ0n) is 16.1. The molecule has 1 N–H and O–H groups in total. The predicted octanol–water partition coefficient (Wildman–Crippen LogP) is 5.99. The Kier molecular flexibility index (Phi) is 4.86. The van der Waals surface area contributed by atoms with Gasteiger partial charge in [-0.15, -0.1) is 0 Å². The number of hydrogen-bond donors (Lipinski definition) is 1. The monoisotopic (exact) mass is 350 g/mol. The molecule has 0 fully saturated rings. The maximum Gasteiger partial charge on any atom is 0.229 e. The number of hydrogen-bond acceptors (Lipinski definition) is 3. The van der Waals surface area contributed by atoms with Gasteiger partial charge in [0.05, 0.1) is 0 Å². The molecule has 1 heterocycles. The third-order valence-corrected chi connectivity index (χ3v) is 4.64. The molecular formula is C22H26N2O2. The standard InChI is InChI=1S/C22H26N2O2/c1-6-14(2)15-10-11-19-18(13-15)24-20(26-19)16-8-7-9-17(12-16)23-21(25)22(3,4)5/h7-14H,6H2,1-5H3,(H,23,25). The second-order valence-electron chi connectivity index (χ2n) is 7.84. The van der Waals surface area contributed by atoms with E-state index in [1.54, 1.807) is 0 Å². The normalized spacial score (nSPS) is 13.0. The van der Waals surface area contributed by atoms with Crippen molar-refractivity contribution >= 4 is 22.7 Å². The number of anilines is 1. The van der Waals surface area contributed by atoms with Crippen molar-refractivity contribution in [3.63, 3.8) is 0 Å². The lowest BCUT2D eigenvalue weighted by Crippen LogP contribution is -2.27. The van der Waals surface area contributed by atoms with Crippen molar-refractivity contribution in [2.24, 2.45) is 5.41 Å². The fourth-order valence-electron chi connectivity index (χ4n) is 2.66. The molecule has 1 unspecified atom stereocenters. The molecule has 4 nitrogen and oxygen atoms in total. The topological polar surface area (TPSA) is 55.1 Å². The fourth-order valence-corrected chi connectivity index (χ4v) is 2.66. The zero-order valence-corrected chi connectivity index (χ0v) is 16.1. The number of carbonyl (C=O) groups excluding carboxylic acids is 1. The Hall–Kier alpha value is -2.62. The van der Waals surface area contributed by atoms with Crippen molar-refractivity contribution in [3.05, 3.63) is 48.0 Å². The third kappa shape index (κ3) is 3.79. The molecule has 0 spiro atoms. The molecule has 4 heteroatoms. The number of oxazole rings is 1. The van der Waals surface area contributed by atoms with Gasteiger partial charge in [0, 0.05) is 16.7 Å². The molecule has 0 aliphatic rings. The van der Waals surface area contributed by atoms with Gasteiger partial charge in [-0.3, -0.25) is 4.79 Å². The maximum absolute atomic E-state index is 12.2. The summed E-state index contributed by atoms with van der Waals surface area (Å²) in [7, 11) is 0. The van der Waals surface area contributed by atoms with Crippen LogP contribution in [-0.2, 0) is 4.79 Å². The summed E-state index contributed by atoms with van der Waals surface area (Å²) in [4.78, 5) is 16.9. The van der Waals surface area contributed by atoms with Gasteiger partial charge in [0.25, 0.3) is 0 Å². The van der Waals surface area contributed by atoms with Gasteiger partial charge in [-0.25, -0.2) is 4.98 Å². The number of nitrogens with zero attached hydrogens (tertiary/aromatic N) is 1. The van der Waals surface area contributed by atoms with Crippen molar-refractivity contribution in [1.82, 2.24) is 4.98 Å². The predicted molar refractivity (Wildman–Crippen MR) is 106 cm³/mol. The molecule has 0 radical (unpaired) electrons. The van der Waals surface area contributed by atoms with E-state index in [0.717, 1.165) is 28.8 Å². The van der Waals surface area contributed by atoms with Gasteiger partial charge in [0.2, 0.25) is 11.8 Å². The number of carbonyl (C=O) groups is 1. The van der Waals surface area contributed by atoms with Gasteiger partial charge in [0.15, 0.2) is 5.58 Å². The smallest absolute Gasteiger partial charge is 0.229 e. The number of fused-ring (bicyclic) bond motifs is 1. The van der Waals surface area contributed by atoms with Crippen LogP contribution in [0.4, 0.5) is 5.69 Å². The largest absolute Gasteiger partial charge is 0.436 e. The molecule has 0 bridgehead atoms. The van der Waals surface area contributed by atoms with E-state index in [1.807, 2.05) is 51.1 Å². The quantitative estimate of drug-likeness (QED) is 0.628. The van der Waals surface area contributed by atoms with Crippen molar-refractivity contribution in [3.8, 4) is 11.5 Å². The van der Waals surface area contributed by atoms with Crippen LogP contribution in [0.2, 0.25) is 0 Å². The summed E-state index contributed by atoms with van der Waals surface area (Å²) in [6.07, 6.45) is 1.09. The molecule has 2 aromatic carbocycles. The van der Waals surface area contributed by atoms with E-state index >= 15 is 0 Å². The minimum Gasteiger partial charge on any atom is -0.436 e. The fraction of sp³-hybridized carbons (Fsp3) is 0.364. The minimum absolute atomic E-state index is 0.0228. The highest BCUT2D eigenvalue weighted by molar-refractivity contribution is 5.95.